The third-order valence-corrected chi connectivity index (χ3v) is 4.34. The van der Waals surface area contributed by atoms with E-state index in [1.165, 1.54) is 17.3 Å². The smallest absolute Gasteiger partial charge is 0.330 e. The number of carbonyl (C=O) groups is 2. The number of halogens is 3. The van der Waals surface area contributed by atoms with Gasteiger partial charge in [-0.1, -0.05) is 15.9 Å². The number of nitrogens with zero attached hydrogens (tertiary/aromatic N) is 1. The number of H-pyrrole nitrogens is 1. The molecule has 1 N–H and O–H groups in total. The summed E-state index contributed by atoms with van der Waals surface area (Å²) in [6, 6.07) is 0. The van der Waals surface area contributed by atoms with Gasteiger partial charge in [0.2, 0.25) is 0 Å². The van der Waals surface area contributed by atoms with Crippen LogP contribution in [0.4, 0.5) is 0 Å². The van der Waals surface area contributed by atoms with Gasteiger partial charge in [0.05, 0.1) is 5.56 Å². The van der Waals surface area contributed by atoms with E-state index < -0.39 is 41.6 Å². The Morgan fingerprint density at radius 2 is 2.04 bits per heavy atom. The molecular formula is C15H15BrCl2N2O7. The first-order valence-corrected chi connectivity index (χ1v) is 9.62. The Bertz CT molecular complexity index is 838. The zero-order valence-corrected chi connectivity index (χ0v) is 16.8. The topological polar surface area (TPSA) is 117 Å². The minimum atomic E-state index is -0.857. The fraction of sp³-hybridized carbons (Fsp3) is 0.467. The molecule has 0 bridgehead atoms. The first kappa shape index (κ1) is 21.7. The van der Waals surface area contributed by atoms with Crippen molar-refractivity contribution >= 4 is 57.1 Å². The normalized spacial score (nSPS) is 22.1. The van der Waals surface area contributed by atoms with Crippen molar-refractivity contribution in [3.63, 3.8) is 0 Å². The molecule has 1 fully saturated rings. The number of esters is 2. The van der Waals surface area contributed by atoms with Crippen LogP contribution >= 0.6 is 39.1 Å². The van der Waals surface area contributed by atoms with Crippen molar-refractivity contribution in [3.05, 3.63) is 37.6 Å². The highest BCUT2D eigenvalue weighted by molar-refractivity contribution is 9.11. The van der Waals surface area contributed by atoms with Crippen molar-refractivity contribution in [2.45, 2.75) is 24.9 Å². The molecule has 0 spiro atoms. The zero-order valence-electron chi connectivity index (χ0n) is 13.7. The van der Waals surface area contributed by atoms with E-state index in [2.05, 4.69) is 20.9 Å². The number of aromatic nitrogens is 2. The standard InChI is InChI=1S/C15H15BrCl2N2O7/c16-2-1-8-6-20(15(24)19-14(8)23)11-3-9(27-13(22)5-18)10(26-11)7-25-12(21)4-17/h1-2,6,9-11H,3-5,7H2,(H,19,23,24)/b2-1+/t9-,10+,11+/m0/s1. The number of aromatic amines is 1. The van der Waals surface area contributed by atoms with E-state index in [4.69, 9.17) is 37.4 Å². The van der Waals surface area contributed by atoms with Crippen LogP contribution in [0.15, 0.2) is 20.8 Å². The van der Waals surface area contributed by atoms with Crippen molar-refractivity contribution < 1.29 is 23.8 Å². The second-order valence-electron chi connectivity index (χ2n) is 5.39. The van der Waals surface area contributed by atoms with Gasteiger partial charge in [-0.05, 0) is 11.1 Å². The van der Waals surface area contributed by atoms with Crippen LogP contribution in [0.25, 0.3) is 6.08 Å². The lowest BCUT2D eigenvalue weighted by atomic mass is 10.2. The Kier molecular flexibility index (Phi) is 8.08. The molecule has 2 heterocycles. The minimum absolute atomic E-state index is 0.0924. The van der Waals surface area contributed by atoms with Crippen molar-refractivity contribution in [1.29, 1.82) is 0 Å². The number of hydrogen-bond acceptors (Lipinski definition) is 7. The molecule has 9 nitrogen and oxygen atoms in total. The van der Waals surface area contributed by atoms with Crippen LogP contribution in [0.3, 0.4) is 0 Å². The van der Waals surface area contributed by atoms with Crippen LogP contribution in [0.2, 0.25) is 0 Å². The number of rotatable bonds is 7. The Hall–Kier alpha value is -1.62. The summed E-state index contributed by atoms with van der Waals surface area (Å²) in [6.45, 7) is -0.228. The number of alkyl halides is 2. The van der Waals surface area contributed by atoms with Gasteiger partial charge in [-0.3, -0.25) is 23.9 Å². The molecule has 0 saturated carbocycles. The Morgan fingerprint density at radius 3 is 2.67 bits per heavy atom. The Balaban J connectivity index is 2.26. The second-order valence-corrected chi connectivity index (χ2v) is 6.45. The summed E-state index contributed by atoms with van der Waals surface area (Å²) in [5, 5.41) is 0. The van der Waals surface area contributed by atoms with E-state index in [9.17, 15) is 19.2 Å². The molecule has 3 atom stereocenters. The quantitative estimate of drug-likeness (QED) is 0.454. The van der Waals surface area contributed by atoms with Gasteiger partial charge in [0.25, 0.3) is 5.56 Å². The largest absolute Gasteiger partial charge is 0.462 e. The average molecular weight is 486 g/mol. The highest BCUT2D eigenvalue weighted by atomic mass is 79.9. The number of carbonyl (C=O) groups excluding carboxylic acids is 2. The molecule has 1 aliphatic rings. The van der Waals surface area contributed by atoms with E-state index >= 15 is 0 Å². The summed E-state index contributed by atoms with van der Waals surface area (Å²) < 4.78 is 17.0. The lowest BCUT2D eigenvalue weighted by Crippen LogP contribution is -2.33. The van der Waals surface area contributed by atoms with Crippen LogP contribution in [-0.2, 0) is 23.8 Å². The first-order valence-electron chi connectivity index (χ1n) is 7.64. The van der Waals surface area contributed by atoms with Crippen LogP contribution < -0.4 is 11.2 Å². The molecule has 27 heavy (non-hydrogen) atoms. The van der Waals surface area contributed by atoms with E-state index in [0.29, 0.717) is 0 Å². The Labute approximate surface area is 171 Å². The predicted octanol–water partition coefficient (Wildman–Crippen LogP) is 1.12. The van der Waals surface area contributed by atoms with Crippen LogP contribution in [-0.4, -0.2) is 52.1 Å². The lowest BCUT2D eigenvalue weighted by Gasteiger charge is -2.18. The van der Waals surface area contributed by atoms with Crippen LogP contribution in [0.1, 0.15) is 18.2 Å². The van der Waals surface area contributed by atoms with Crippen molar-refractivity contribution in [3.8, 4) is 0 Å². The molecule has 1 aliphatic heterocycles. The van der Waals surface area contributed by atoms with Gasteiger partial charge in [0.15, 0.2) is 0 Å². The van der Waals surface area contributed by atoms with E-state index in [1.54, 1.807) is 0 Å². The summed E-state index contributed by atoms with van der Waals surface area (Å²) in [4.78, 5) is 50.4. The van der Waals surface area contributed by atoms with Gasteiger partial charge >= 0.3 is 17.6 Å². The predicted molar refractivity (Wildman–Crippen MR) is 100 cm³/mol. The van der Waals surface area contributed by atoms with Gasteiger partial charge in [-0.15, -0.1) is 23.2 Å². The van der Waals surface area contributed by atoms with E-state index in [1.807, 2.05) is 0 Å². The van der Waals surface area contributed by atoms with E-state index in [-0.39, 0.29) is 30.4 Å². The molecule has 1 aromatic rings. The SMILES string of the molecule is O=C(CCl)OC[C@H]1O[C@@H](n2cc(/C=C/Br)c(=O)[nH]c2=O)C[C@@H]1OC(=O)CCl. The third kappa shape index (κ3) is 5.68. The maximum absolute atomic E-state index is 12.1. The highest BCUT2D eigenvalue weighted by Crippen LogP contribution is 2.30. The monoisotopic (exact) mass is 484 g/mol. The molecule has 1 saturated heterocycles. The van der Waals surface area contributed by atoms with Gasteiger partial charge in [0, 0.05) is 12.6 Å². The van der Waals surface area contributed by atoms with Gasteiger partial charge in [-0.25, -0.2) is 4.79 Å². The van der Waals surface area contributed by atoms with Gasteiger partial charge in [-0.2, -0.15) is 0 Å². The molecule has 12 heteroatoms. The number of hydrogen-bond donors (Lipinski definition) is 1. The van der Waals surface area contributed by atoms with Crippen molar-refractivity contribution in [2.24, 2.45) is 0 Å². The zero-order chi connectivity index (χ0) is 20.0. The molecule has 0 aliphatic carbocycles. The van der Waals surface area contributed by atoms with Crippen LogP contribution in [0.5, 0.6) is 0 Å². The summed E-state index contributed by atoms with van der Waals surface area (Å²) in [5.41, 5.74) is -1.05. The van der Waals surface area contributed by atoms with Gasteiger partial charge in [0.1, 0.15) is 36.8 Å². The first-order chi connectivity index (χ1) is 12.9. The second kappa shape index (κ2) is 10.1. The van der Waals surface area contributed by atoms with Gasteiger partial charge < -0.3 is 14.2 Å². The molecule has 0 amide bonds. The molecule has 1 aromatic heterocycles. The average Bonchev–Trinajstić information content (AvgIpc) is 3.04. The fourth-order valence-electron chi connectivity index (χ4n) is 2.46. The summed E-state index contributed by atoms with van der Waals surface area (Å²) in [7, 11) is 0. The maximum atomic E-state index is 12.1. The summed E-state index contributed by atoms with van der Waals surface area (Å²) in [6.07, 6.45) is 0.368. The number of nitrogens with one attached hydrogen (secondary N) is 1. The Morgan fingerprint density at radius 1 is 1.33 bits per heavy atom. The molecule has 148 valence electrons. The highest BCUT2D eigenvalue weighted by Gasteiger charge is 2.40. The van der Waals surface area contributed by atoms with Crippen molar-refractivity contribution in [1.82, 2.24) is 9.55 Å². The third-order valence-electron chi connectivity index (χ3n) is 3.64. The molecular weight excluding hydrogens is 471 g/mol. The summed E-state index contributed by atoms with van der Waals surface area (Å²) >= 11 is 13.9. The molecule has 2 rings (SSSR count). The van der Waals surface area contributed by atoms with Crippen molar-refractivity contribution in [2.75, 3.05) is 18.4 Å². The van der Waals surface area contributed by atoms with Crippen LogP contribution in [0, 0.1) is 0 Å². The van der Waals surface area contributed by atoms with E-state index in [0.717, 1.165) is 4.57 Å². The maximum Gasteiger partial charge on any atom is 0.330 e. The summed E-state index contributed by atoms with van der Waals surface area (Å²) in [5.74, 6) is -2.06. The molecule has 0 aromatic carbocycles. The number of ether oxygens (including phenoxy) is 3. The molecule has 0 radical (unpaired) electrons. The molecule has 0 unspecified atom stereocenters. The fourth-order valence-corrected chi connectivity index (χ4v) is 2.89. The lowest BCUT2D eigenvalue weighted by molar-refractivity contribution is -0.155. The minimum Gasteiger partial charge on any atom is -0.462 e.